The molecule has 448 valence electrons. The zero-order chi connectivity index (χ0) is 61.8. The van der Waals surface area contributed by atoms with Crippen molar-refractivity contribution in [2.45, 2.75) is 170 Å². The van der Waals surface area contributed by atoms with E-state index >= 15 is 0 Å². The summed E-state index contributed by atoms with van der Waals surface area (Å²) in [5.41, 5.74) is -2.73. The van der Waals surface area contributed by atoms with Gasteiger partial charge < -0.3 is 108 Å². The highest BCUT2D eigenvalue weighted by Crippen LogP contribution is 2.33. The zero-order valence-electron chi connectivity index (χ0n) is 47.6. The van der Waals surface area contributed by atoms with Crippen LogP contribution in [0.5, 0.6) is 12.0 Å². The van der Waals surface area contributed by atoms with Gasteiger partial charge in [0, 0.05) is 37.7 Å². The van der Waals surface area contributed by atoms with Gasteiger partial charge in [0.1, 0.15) is 59.6 Å². The molecule has 6 aromatic rings. The molecule has 0 aromatic carbocycles. The van der Waals surface area contributed by atoms with Gasteiger partial charge in [0.05, 0.1) is 63.7 Å². The maximum Gasteiger partial charge on any atom is 0.414 e. The Morgan fingerprint density at radius 3 is 0.890 bits per heavy atom. The van der Waals surface area contributed by atoms with E-state index in [4.69, 9.17) is 18.9 Å². The highest BCUT2D eigenvalue weighted by Gasteiger charge is 2.42. The third kappa shape index (κ3) is 18.6. The summed E-state index contributed by atoms with van der Waals surface area (Å²) in [7, 11) is 0. The second-order valence-electron chi connectivity index (χ2n) is 22.5. The summed E-state index contributed by atoms with van der Waals surface area (Å²) in [5.74, 6) is 1.44. The van der Waals surface area contributed by atoms with Gasteiger partial charge in [-0.1, -0.05) is 0 Å². The first-order valence-electron chi connectivity index (χ1n) is 24.8. The number of hydrogen-bond donors (Lipinski definition) is 2. The number of nitro groups is 6. The molecule has 4 aliphatic heterocycles. The van der Waals surface area contributed by atoms with Crippen LogP contribution in [0.15, 0.2) is 37.2 Å². The summed E-state index contributed by atoms with van der Waals surface area (Å²) in [6.07, 6.45) is 8.33. The number of aryl methyl sites for hydroxylation is 4. The number of epoxide rings is 2. The fourth-order valence-corrected chi connectivity index (χ4v) is 7.66. The first kappa shape index (κ1) is 63.9. The van der Waals surface area contributed by atoms with E-state index in [9.17, 15) is 70.9 Å². The zero-order valence-corrected chi connectivity index (χ0v) is 47.6. The third-order valence-corrected chi connectivity index (χ3v) is 11.7. The lowest BCUT2D eigenvalue weighted by Crippen LogP contribution is -2.26. The van der Waals surface area contributed by atoms with Gasteiger partial charge >= 0.3 is 46.9 Å². The number of hydrogen-bond acceptors (Lipinski definition) is 24. The molecule has 2 N–H and O–H groups in total. The van der Waals surface area contributed by atoms with Gasteiger partial charge in [0.25, 0.3) is 0 Å². The van der Waals surface area contributed by atoms with Crippen molar-refractivity contribution in [2.24, 2.45) is 0 Å². The molecule has 2 fully saturated rings. The largest absolute Gasteiger partial charge is 0.438 e. The average molecular weight is 1160 g/mol. The molecule has 36 heteroatoms. The van der Waals surface area contributed by atoms with Crippen LogP contribution in [0.1, 0.15) is 92.5 Å². The minimum absolute atomic E-state index is 0.105. The standard InChI is InChI=1S/2C8H11N3O3.2C8H13N3O3.2C7H9N3O3/c2*1-6-9-7(11(12)13)3-10(6)4-8(2)5-14-8;2*1-6-9-7(11(13)14)4-10(6)5-8(2,3)12;2*1-7(2)4-9-3-5(10(11)12)8-6(9)13-7/h2*3H,4-5H2,1-2H3;2*4,12H,5H2,1-3H3;2*3H,4H2,1-2H3/t2*8-;;;;/m10..../s1. The van der Waals surface area contributed by atoms with E-state index in [1.807, 2.05) is 41.5 Å². The van der Waals surface area contributed by atoms with Crippen molar-refractivity contribution in [1.82, 2.24) is 57.3 Å². The SMILES string of the molecule is CC1(C)Cn2cc([N+](=O)[O-])nc2O1.CC1(C)Cn2cc([N+](=O)[O-])nc2O1.Cc1nc([N+](=O)[O-])cn1CC(C)(C)O.Cc1nc([N+](=O)[O-])cn1CC(C)(C)O.Cc1nc([N+](=O)[O-])cn1C[C@@]1(C)CO1.Cc1nc([N+](=O)[O-])cn1C[C@]1(C)CO1. The number of rotatable bonds is 14. The third-order valence-electron chi connectivity index (χ3n) is 11.7. The van der Waals surface area contributed by atoms with Gasteiger partial charge in [-0.2, -0.15) is 0 Å². The lowest BCUT2D eigenvalue weighted by atomic mass is 10.1. The number of ether oxygens (including phenoxy) is 4. The Morgan fingerprint density at radius 1 is 0.451 bits per heavy atom. The predicted octanol–water partition coefficient (Wildman–Crippen LogP) is 5.44. The molecule has 0 saturated carbocycles. The Hall–Kier alpha value is -8.90. The van der Waals surface area contributed by atoms with E-state index in [1.165, 1.54) is 37.2 Å². The molecular weight excluding hydrogens is 1090 g/mol. The number of fused-ring (bicyclic) bond motifs is 2. The number of nitrogens with zero attached hydrogens (tertiary/aromatic N) is 18. The summed E-state index contributed by atoms with van der Waals surface area (Å²) in [6.45, 7) is 29.4. The van der Waals surface area contributed by atoms with Gasteiger partial charge in [0.2, 0.25) is 23.3 Å². The lowest BCUT2D eigenvalue weighted by molar-refractivity contribution is -0.389. The van der Waals surface area contributed by atoms with Crippen molar-refractivity contribution in [3.05, 3.63) is 121 Å². The highest BCUT2D eigenvalue weighted by atomic mass is 16.7. The maximum atomic E-state index is 10.4. The van der Waals surface area contributed by atoms with Gasteiger partial charge in [0.15, 0.2) is 0 Å². The van der Waals surface area contributed by atoms with Crippen molar-refractivity contribution in [2.75, 3.05) is 13.2 Å². The van der Waals surface area contributed by atoms with Crippen molar-refractivity contribution in [3.8, 4) is 12.0 Å². The molecule has 0 amide bonds. The smallest absolute Gasteiger partial charge is 0.414 e. The molecule has 0 radical (unpaired) electrons. The Balaban J connectivity index is 0.000000180. The van der Waals surface area contributed by atoms with Crippen LogP contribution in [0.4, 0.5) is 34.9 Å². The molecule has 4 aliphatic rings. The Labute approximate surface area is 466 Å². The van der Waals surface area contributed by atoms with Crippen molar-refractivity contribution < 1.29 is 58.7 Å². The van der Waals surface area contributed by atoms with Crippen LogP contribution in [0.25, 0.3) is 0 Å². The molecule has 10 heterocycles. The van der Waals surface area contributed by atoms with Crippen LogP contribution in [0, 0.1) is 88.4 Å². The summed E-state index contributed by atoms with van der Waals surface area (Å²) in [6, 6.07) is 0.661. The first-order chi connectivity index (χ1) is 37.5. The molecule has 2 saturated heterocycles. The molecule has 0 unspecified atom stereocenters. The fourth-order valence-electron chi connectivity index (χ4n) is 7.66. The van der Waals surface area contributed by atoms with Gasteiger partial charge in [-0.25, -0.2) is 0 Å². The molecule has 0 bridgehead atoms. The van der Waals surface area contributed by atoms with Crippen LogP contribution in [-0.2, 0) is 48.7 Å². The van der Waals surface area contributed by atoms with E-state index in [0.29, 0.717) is 87.8 Å². The predicted molar refractivity (Wildman–Crippen MR) is 283 cm³/mol. The first-order valence-corrected chi connectivity index (χ1v) is 24.8. The quantitative estimate of drug-likeness (QED) is 0.0778. The minimum atomic E-state index is -0.903. The van der Waals surface area contributed by atoms with Crippen molar-refractivity contribution >= 4 is 34.9 Å². The van der Waals surface area contributed by atoms with Crippen LogP contribution in [0.3, 0.4) is 0 Å². The van der Waals surface area contributed by atoms with Gasteiger partial charge in [-0.15, -0.1) is 0 Å². The van der Waals surface area contributed by atoms with Crippen molar-refractivity contribution in [3.63, 3.8) is 0 Å². The number of imidazole rings is 6. The molecule has 36 nitrogen and oxygen atoms in total. The topological polar surface area (TPSA) is 450 Å². The number of aliphatic hydroxyl groups is 2. The maximum absolute atomic E-state index is 10.4. The second kappa shape index (κ2) is 24.1. The summed E-state index contributed by atoms with van der Waals surface area (Å²) >= 11 is 0. The average Bonchev–Trinajstić information content (AvgIpc) is 3.79. The summed E-state index contributed by atoms with van der Waals surface area (Å²) in [4.78, 5) is 81.9. The number of aromatic nitrogens is 12. The molecule has 0 aliphatic carbocycles. The molecule has 0 spiro atoms. The Morgan fingerprint density at radius 2 is 0.683 bits per heavy atom. The summed E-state index contributed by atoms with van der Waals surface area (Å²) < 4.78 is 31.1. The second-order valence-corrected chi connectivity index (χ2v) is 22.5. The Bertz CT molecular complexity index is 2930. The van der Waals surface area contributed by atoms with Crippen LogP contribution in [-0.4, -0.2) is 144 Å². The van der Waals surface area contributed by atoms with Gasteiger partial charge in [-0.3, -0.25) is 9.13 Å². The molecule has 2 atom stereocenters. The van der Waals surface area contributed by atoms with E-state index in [-0.39, 0.29) is 57.3 Å². The van der Waals surface area contributed by atoms with E-state index in [1.54, 1.807) is 82.8 Å². The van der Waals surface area contributed by atoms with Crippen LogP contribution in [0.2, 0.25) is 0 Å². The van der Waals surface area contributed by atoms with E-state index in [2.05, 4.69) is 29.9 Å². The lowest BCUT2D eigenvalue weighted by Gasteiger charge is -2.17. The van der Waals surface area contributed by atoms with Crippen molar-refractivity contribution in [1.29, 1.82) is 0 Å². The molecule has 10 rings (SSSR count). The molecule has 82 heavy (non-hydrogen) atoms. The minimum Gasteiger partial charge on any atom is -0.438 e. The fraction of sp³-hybridized carbons (Fsp3) is 0.609. The summed E-state index contributed by atoms with van der Waals surface area (Å²) in [5, 5.41) is 81.4. The highest BCUT2D eigenvalue weighted by molar-refractivity contribution is 5.25. The normalized spacial score (nSPS) is 18.2. The Kier molecular flexibility index (Phi) is 18.8. The van der Waals surface area contributed by atoms with Gasteiger partial charge in [-0.05, 0) is 119 Å². The van der Waals surface area contributed by atoms with E-state index < -0.39 is 40.7 Å². The van der Waals surface area contributed by atoms with Crippen LogP contribution < -0.4 is 9.47 Å². The monoisotopic (exact) mass is 1160 g/mol. The van der Waals surface area contributed by atoms with Crippen LogP contribution >= 0.6 is 0 Å². The molecule has 6 aromatic heterocycles. The molecular formula is C46H66N18O18. The van der Waals surface area contributed by atoms with E-state index in [0.717, 1.165) is 0 Å².